The molecule has 6 nitrogen and oxygen atoms in total. The Labute approximate surface area is 169 Å². The number of aromatic nitrogens is 3. The minimum Gasteiger partial charge on any atom is -0.366 e. The zero-order valence-electron chi connectivity index (χ0n) is 15.7. The Morgan fingerprint density at radius 2 is 1.73 bits per heavy atom. The number of rotatable bonds is 4. The number of aryl methyl sites for hydroxylation is 1. The van der Waals surface area contributed by atoms with Gasteiger partial charge in [-0.1, -0.05) is 12.1 Å². The lowest BCUT2D eigenvalue weighted by molar-refractivity contribution is -0.137. The highest BCUT2D eigenvalue weighted by Crippen LogP contribution is 2.30. The molecule has 0 fully saturated rings. The number of hydrogen-bond acceptors (Lipinski definition) is 4. The van der Waals surface area contributed by atoms with Crippen LogP contribution in [-0.2, 0) is 6.18 Å². The first-order chi connectivity index (χ1) is 14.2. The molecular formula is C21H16F3N5O. The van der Waals surface area contributed by atoms with E-state index in [9.17, 15) is 18.0 Å². The number of fused-ring (bicyclic) bond motifs is 1. The van der Waals surface area contributed by atoms with E-state index in [0.29, 0.717) is 17.3 Å². The minimum atomic E-state index is -4.42. The number of amides is 1. The maximum Gasteiger partial charge on any atom is 0.416 e. The average Bonchev–Trinajstić information content (AvgIpc) is 3.03. The van der Waals surface area contributed by atoms with Gasteiger partial charge in [0.25, 0.3) is 0 Å². The third kappa shape index (κ3) is 3.69. The molecule has 1 amide bonds. The van der Waals surface area contributed by atoms with Crippen LogP contribution >= 0.6 is 0 Å². The van der Waals surface area contributed by atoms with Gasteiger partial charge in [0.1, 0.15) is 17.5 Å². The first-order valence-corrected chi connectivity index (χ1v) is 8.93. The Kier molecular flexibility index (Phi) is 4.65. The maximum absolute atomic E-state index is 12.8. The second kappa shape index (κ2) is 7.18. The second-order valence-corrected chi connectivity index (χ2v) is 6.65. The van der Waals surface area contributed by atoms with E-state index >= 15 is 0 Å². The number of halogens is 3. The number of primary amides is 1. The van der Waals surface area contributed by atoms with Gasteiger partial charge in [-0.15, -0.1) is 0 Å². The summed E-state index contributed by atoms with van der Waals surface area (Å²) in [4.78, 5) is 20.9. The van der Waals surface area contributed by atoms with Crippen molar-refractivity contribution in [3.63, 3.8) is 0 Å². The van der Waals surface area contributed by atoms with Crippen LogP contribution in [0.1, 0.15) is 21.7 Å². The lowest BCUT2D eigenvalue weighted by atomic mass is 10.2. The van der Waals surface area contributed by atoms with Crippen molar-refractivity contribution >= 4 is 28.4 Å². The molecule has 0 atom stereocenters. The molecule has 0 aliphatic carbocycles. The Balaban J connectivity index is 1.77. The molecule has 0 aliphatic heterocycles. The number of carbonyl (C=O) groups excluding carboxylic acids is 1. The van der Waals surface area contributed by atoms with E-state index in [0.717, 1.165) is 23.2 Å². The molecule has 4 aromatic rings. The normalized spacial score (nSPS) is 11.6. The van der Waals surface area contributed by atoms with Crippen LogP contribution in [0, 0.1) is 6.92 Å². The zero-order chi connectivity index (χ0) is 21.5. The predicted octanol–water partition coefficient (Wildman–Crippen LogP) is 4.59. The monoisotopic (exact) mass is 411 g/mol. The van der Waals surface area contributed by atoms with Crippen LogP contribution < -0.4 is 11.1 Å². The lowest BCUT2D eigenvalue weighted by Gasteiger charge is -2.13. The predicted molar refractivity (Wildman–Crippen MR) is 107 cm³/mol. The van der Waals surface area contributed by atoms with Crippen molar-refractivity contribution in [3.8, 4) is 5.82 Å². The number of carbonyl (C=O) groups is 1. The number of nitrogens with zero attached hydrogens (tertiary/aromatic N) is 3. The Bertz CT molecular complexity index is 1250. The number of hydrogen-bond donors (Lipinski definition) is 2. The molecule has 2 aromatic carbocycles. The molecule has 3 N–H and O–H groups in total. The van der Waals surface area contributed by atoms with Crippen molar-refractivity contribution in [2.45, 2.75) is 13.1 Å². The van der Waals surface area contributed by atoms with Gasteiger partial charge in [0.15, 0.2) is 0 Å². The van der Waals surface area contributed by atoms with Crippen LogP contribution in [-0.4, -0.2) is 20.4 Å². The molecule has 0 bridgehead atoms. The molecule has 30 heavy (non-hydrogen) atoms. The fourth-order valence-corrected chi connectivity index (χ4v) is 3.16. The van der Waals surface area contributed by atoms with E-state index in [1.165, 1.54) is 18.2 Å². The summed E-state index contributed by atoms with van der Waals surface area (Å²) >= 11 is 0. The highest BCUT2D eigenvalue weighted by atomic mass is 19.4. The number of para-hydroxylation sites is 2. The molecule has 152 valence electrons. The van der Waals surface area contributed by atoms with Gasteiger partial charge in [0.2, 0.25) is 5.91 Å². The number of nitrogens with one attached hydrogen (secondary N) is 1. The second-order valence-electron chi connectivity index (χ2n) is 6.65. The van der Waals surface area contributed by atoms with Crippen LogP contribution in [0.3, 0.4) is 0 Å². The summed E-state index contributed by atoms with van der Waals surface area (Å²) in [5.74, 6) is 0.673. The number of benzene rings is 2. The minimum absolute atomic E-state index is 0.201. The number of nitrogens with two attached hydrogens (primary N) is 1. The molecular weight excluding hydrogens is 395 g/mol. The van der Waals surface area contributed by atoms with Crippen LogP contribution in [0.2, 0.25) is 0 Å². The Morgan fingerprint density at radius 3 is 2.40 bits per heavy atom. The van der Waals surface area contributed by atoms with Gasteiger partial charge in [-0.2, -0.15) is 13.2 Å². The molecule has 0 saturated carbocycles. The molecule has 0 radical (unpaired) electrons. The van der Waals surface area contributed by atoms with Gasteiger partial charge >= 0.3 is 6.18 Å². The zero-order valence-corrected chi connectivity index (χ0v) is 15.7. The Hall–Kier alpha value is -3.88. The van der Waals surface area contributed by atoms with E-state index in [2.05, 4.69) is 15.3 Å². The first-order valence-electron chi connectivity index (χ1n) is 8.93. The summed E-state index contributed by atoms with van der Waals surface area (Å²) in [6, 6.07) is 15.0. The largest absolute Gasteiger partial charge is 0.416 e. The third-order valence-electron chi connectivity index (χ3n) is 4.54. The molecule has 4 rings (SSSR count). The van der Waals surface area contributed by atoms with Gasteiger partial charge < -0.3 is 11.1 Å². The van der Waals surface area contributed by atoms with Gasteiger partial charge in [-0.05, 0) is 55.5 Å². The van der Waals surface area contributed by atoms with Crippen molar-refractivity contribution < 1.29 is 18.0 Å². The van der Waals surface area contributed by atoms with E-state index in [4.69, 9.17) is 5.73 Å². The van der Waals surface area contributed by atoms with Gasteiger partial charge in [0, 0.05) is 11.3 Å². The smallest absolute Gasteiger partial charge is 0.366 e. The first kappa shape index (κ1) is 19.4. The summed E-state index contributed by atoms with van der Waals surface area (Å²) < 4.78 is 40.1. The van der Waals surface area contributed by atoms with Crippen molar-refractivity contribution in [2.75, 3.05) is 5.32 Å². The highest BCUT2D eigenvalue weighted by molar-refractivity contribution is 5.94. The van der Waals surface area contributed by atoms with Crippen molar-refractivity contribution in [2.24, 2.45) is 5.73 Å². The summed E-state index contributed by atoms with van der Waals surface area (Å²) in [5.41, 5.74) is 6.86. The maximum atomic E-state index is 12.8. The highest BCUT2D eigenvalue weighted by Gasteiger charge is 2.30. The topological polar surface area (TPSA) is 85.8 Å². The molecule has 0 aliphatic rings. The molecule has 0 spiro atoms. The third-order valence-corrected chi connectivity index (χ3v) is 4.54. The van der Waals surface area contributed by atoms with Crippen LogP contribution in [0.5, 0.6) is 0 Å². The van der Waals surface area contributed by atoms with Crippen molar-refractivity contribution in [1.29, 1.82) is 0 Å². The molecule has 9 heteroatoms. The average molecular weight is 411 g/mol. The van der Waals surface area contributed by atoms with Gasteiger partial charge in [-0.3, -0.25) is 9.36 Å². The summed E-state index contributed by atoms with van der Waals surface area (Å²) in [5, 5.41) is 2.93. The molecule has 0 unspecified atom stereocenters. The van der Waals surface area contributed by atoms with Crippen LogP contribution in [0.15, 0.2) is 60.7 Å². The summed E-state index contributed by atoms with van der Waals surface area (Å²) in [6.45, 7) is 1.81. The van der Waals surface area contributed by atoms with Gasteiger partial charge in [0.05, 0.1) is 16.6 Å². The number of anilines is 2. The Morgan fingerprint density at radius 1 is 1.03 bits per heavy atom. The number of imidazole rings is 1. The van der Waals surface area contributed by atoms with Crippen LogP contribution in [0.4, 0.5) is 24.7 Å². The quantitative estimate of drug-likeness (QED) is 0.514. The fraction of sp³-hybridized carbons (Fsp3) is 0.0952. The van der Waals surface area contributed by atoms with Crippen molar-refractivity contribution in [3.05, 3.63) is 77.6 Å². The number of alkyl halides is 3. The SMILES string of the molecule is Cc1nc2ccccc2n1-c1cc(C(N)=O)cc(Nc2ccc(C(F)(F)F)cc2)n1. The molecule has 2 aromatic heterocycles. The molecule has 0 saturated heterocycles. The summed E-state index contributed by atoms with van der Waals surface area (Å²) in [7, 11) is 0. The van der Waals surface area contributed by atoms with E-state index in [-0.39, 0.29) is 11.4 Å². The standard InChI is InChI=1S/C21H16F3N5O/c1-12-26-16-4-2-3-5-17(16)29(12)19-11-13(20(25)30)10-18(28-19)27-15-8-6-14(7-9-15)21(22,23)24/h2-11H,1H3,(H2,25,30)(H,27,28). The van der Waals surface area contributed by atoms with E-state index < -0.39 is 17.6 Å². The van der Waals surface area contributed by atoms with Gasteiger partial charge in [-0.25, -0.2) is 9.97 Å². The van der Waals surface area contributed by atoms with E-state index in [1.807, 2.05) is 31.2 Å². The van der Waals surface area contributed by atoms with E-state index in [1.54, 1.807) is 10.6 Å². The van der Waals surface area contributed by atoms with Crippen LogP contribution in [0.25, 0.3) is 16.9 Å². The molecule has 2 heterocycles. The fourth-order valence-electron chi connectivity index (χ4n) is 3.16. The van der Waals surface area contributed by atoms with Crippen molar-refractivity contribution in [1.82, 2.24) is 14.5 Å². The number of pyridine rings is 1. The summed E-state index contributed by atoms with van der Waals surface area (Å²) in [6.07, 6.45) is -4.42. The lowest BCUT2D eigenvalue weighted by Crippen LogP contribution is -2.13.